The molecule has 2 atom stereocenters. The Labute approximate surface area is 139 Å². The molecule has 0 bridgehead atoms. The molecule has 2 N–H and O–H groups in total. The Morgan fingerprint density at radius 2 is 2.00 bits per heavy atom. The summed E-state index contributed by atoms with van der Waals surface area (Å²) in [5.41, 5.74) is 1.42. The fraction of sp³-hybridized carbons (Fsp3) is 0.467. The minimum absolute atomic E-state index is 0.0826. The van der Waals surface area contributed by atoms with Crippen LogP contribution in [0.15, 0.2) is 23.1 Å². The Morgan fingerprint density at radius 1 is 1.29 bits per heavy atom. The van der Waals surface area contributed by atoms with Gasteiger partial charge in [0.05, 0.1) is 4.90 Å². The molecule has 2 heterocycles. The first-order chi connectivity index (χ1) is 11.3. The van der Waals surface area contributed by atoms with E-state index in [4.69, 9.17) is 9.84 Å². The van der Waals surface area contributed by atoms with Gasteiger partial charge in [-0.1, -0.05) is 6.07 Å². The van der Waals surface area contributed by atoms with Crippen LogP contribution in [-0.4, -0.2) is 51.2 Å². The number of fused-ring (bicyclic) bond motifs is 1. The maximum absolute atomic E-state index is 12.7. The van der Waals surface area contributed by atoms with Crippen molar-refractivity contribution in [3.8, 4) is 0 Å². The summed E-state index contributed by atoms with van der Waals surface area (Å²) in [7, 11) is -2.28. The number of carboxylic acid groups (broad SMARTS) is 1. The van der Waals surface area contributed by atoms with Crippen molar-refractivity contribution in [3.05, 3.63) is 23.8 Å². The standard InChI is InChI=1S/C15H18N2O6S/c1-16-24(21,22)10-3-2-9-6-7-17(11(9)8-10)14(18)12-4-5-13(23-12)15(19)20/h2-3,8,12-13,16H,4-7H2,1H3,(H,19,20)/t12-,13+/m0/s1. The van der Waals surface area contributed by atoms with Crippen molar-refractivity contribution in [1.29, 1.82) is 0 Å². The van der Waals surface area contributed by atoms with Crippen molar-refractivity contribution in [2.75, 3.05) is 18.5 Å². The van der Waals surface area contributed by atoms with Crippen molar-refractivity contribution in [2.45, 2.75) is 36.4 Å². The molecule has 0 spiro atoms. The average molecular weight is 354 g/mol. The number of hydrogen-bond acceptors (Lipinski definition) is 5. The van der Waals surface area contributed by atoms with Crippen molar-refractivity contribution in [1.82, 2.24) is 4.72 Å². The van der Waals surface area contributed by atoms with E-state index in [0.29, 0.717) is 31.5 Å². The van der Waals surface area contributed by atoms with Crippen molar-refractivity contribution in [3.63, 3.8) is 0 Å². The summed E-state index contributed by atoms with van der Waals surface area (Å²) >= 11 is 0. The largest absolute Gasteiger partial charge is 0.479 e. The van der Waals surface area contributed by atoms with E-state index in [0.717, 1.165) is 5.56 Å². The Morgan fingerprint density at radius 3 is 2.62 bits per heavy atom. The zero-order valence-electron chi connectivity index (χ0n) is 13.1. The second kappa shape index (κ2) is 6.15. The highest BCUT2D eigenvalue weighted by atomic mass is 32.2. The number of carboxylic acids is 1. The molecular weight excluding hydrogens is 336 g/mol. The van der Waals surface area contributed by atoms with Crippen LogP contribution in [0.4, 0.5) is 5.69 Å². The van der Waals surface area contributed by atoms with Gasteiger partial charge >= 0.3 is 5.97 Å². The quantitative estimate of drug-likeness (QED) is 0.794. The van der Waals surface area contributed by atoms with Gasteiger partial charge in [0.15, 0.2) is 6.10 Å². The molecule has 130 valence electrons. The molecule has 1 aromatic carbocycles. The predicted molar refractivity (Wildman–Crippen MR) is 84.3 cm³/mol. The first-order valence-corrected chi connectivity index (χ1v) is 9.08. The molecule has 1 aromatic rings. The summed E-state index contributed by atoms with van der Waals surface area (Å²) in [6.45, 7) is 0.425. The smallest absolute Gasteiger partial charge is 0.332 e. The second-order valence-corrected chi connectivity index (χ2v) is 7.65. The van der Waals surface area contributed by atoms with Gasteiger partial charge in [0.2, 0.25) is 10.0 Å². The molecule has 1 saturated heterocycles. The van der Waals surface area contributed by atoms with Gasteiger partial charge in [-0.3, -0.25) is 4.79 Å². The number of hydrogen-bond donors (Lipinski definition) is 2. The van der Waals surface area contributed by atoms with Crippen molar-refractivity contribution < 1.29 is 27.9 Å². The van der Waals surface area contributed by atoms with E-state index in [-0.39, 0.29) is 10.8 Å². The van der Waals surface area contributed by atoms with Gasteiger partial charge in [-0.05, 0) is 44.0 Å². The number of amides is 1. The molecular formula is C15H18N2O6S. The maximum Gasteiger partial charge on any atom is 0.332 e. The van der Waals surface area contributed by atoms with Crippen LogP contribution in [0, 0.1) is 0 Å². The van der Waals surface area contributed by atoms with E-state index in [1.807, 2.05) is 0 Å². The molecule has 0 saturated carbocycles. The van der Waals surface area contributed by atoms with Gasteiger partial charge in [0.25, 0.3) is 5.91 Å². The maximum atomic E-state index is 12.7. The van der Waals surface area contributed by atoms with Gasteiger partial charge in [0, 0.05) is 12.2 Å². The number of sulfonamides is 1. The number of anilines is 1. The molecule has 0 radical (unpaired) electrons. The number of nitrogens with zero attached hydrogens (tertiary/aromatic N) is 1. The van der Waals surface area contributed by atoms with Gasteiger partial charge in [0.1, 0.15) is 6.10 Å². The monoisotopic (exact) mass is 354 g/mol. The van der Waals surface area contributed by atoms with E-state index in [1.165, 1.54) is 24.1 Å². The lowest BCUT2D eigenvalue weighted by atomic mass is 10.1. The van der Waals surface area contributed by atoms with Gasteiger partial charge < -0.3 is 14.7 Å². The lowest BCUT2D eigenvalue weighted by Gasteiger charge is -2.21. The third-order valence-electron chi connectivity index (χ3n) is 4.37. The first-order valence-electron chi connectivity index (χ1n) is 7.59. The van der Waals surface area contributed by atoms with E-state index in [2.05, 4.69) is 4.72 Å². The zero-order chi connectivity index (χ0) is 17.5. The molecule has 0 aromatic heterocycles. The third kappa shape index (κ3) is 2.90. The van der Waals surface area contributed by atoms with Crippen LogP contribution in [0.1, 0.15) is 18.4 Å². The predicted octanol–water partition coefficient (Wildman–Crippen LogP) is 0.116. The topological polar surface area (TPSA) is 113 Å². The molecule has 2 aliphatic heterocycles. The molecule has 0 aliphatic carbocycles. The number of carbonyl (C=O) groups excluding carboxylic acids is 1. The highest BCUT2D eigenvalue weighted by molar-refractivity contribution is 7.89. The zero-order valence-corrected chi connectivity index (χ0v) is 13.9. The Kier molecular flexibility index (Phi) is 4.33. The second-order valence-electron chi connectivity index (χ2n) is 5.77. The van der Waals surface area contributed by atoms with Crippen LogP contribution in [0.5, 0.6) is 0 Å². The molecule has 1 fully saturated rings. The van der Waals surface area contributed by atoms with E-state index in [1.54, 1.807) is 6.07 Å². The van der Waals surface area contributed by atoms with E-state index >= 15 is 0 Å². The molecule has 8 nitrogen and oxygen atoms in total. The third-order valence-corrected chi connectivity index (χ3v) is 5.78. The lowest BCUT2D eigenvalue weighted by Crippen LogP contribution is -2.38. The van der Waals surface area contributed by atoms with Crippen LogP contribution >= 0.6 is 0 Å². The van der Waals surface area contributed by atoms with Crippen molar-refractivity contribution in [2.24, 2.45) is 0 Å². The molecule has 2 aliphatic rings. The minimum atomic E-state index is -3.60. The van der Waals surface area contributed by atoms with Crippen LogP contribution in [-0.2, 0) is 30.8 Å². The van der Waals surface area contributed by atoms with Crippen molar-refractivity contribution >= 4 is 27.6 Å². The molecule has 9 heteroatoms. The molecule has 3 rings (SSSR count). The van der Waals surface area contributed by atoms with E-state index in [9.17, 15) is 18.0 Å². The van der Waals surface area contributed by atoms with Crippen LogP contribution in [0.2, 0.25) is 0 Å². The summed E-state index contributed by atoms with van der Waals surface area (Å²) in [4.78, 5) is 25.2. The van der Waals surface area contributed by atoms with Gasteiger partial charge in [-0.15, -0.1) is 0 Å². The van der Waals surface area contributed by atoms with Crippen LogP contribution < -0.4 is 9.62 Å². The summed E-state index contributed by atoms with van der Waals surface area (Å²) < 4.78 is 31.4. The van der Waals surface area contributed by atoms with Gasteiger partial charge in [-0.25, -0.2) is 17.9 Å². The fourth-order valence-electron chi connectivity index (χ4n) is 3.05. The number of ether oxygens (including phenoxy) is 1. The van der Waals surface area contributed by atoms with Crippen LogP contribution in [0.3, 0.4) is 0 Å². The Balaban J connectivity index is 1.85. The number of aliphatic carboxylic acids is 1. The Hall–Kier alpha value is -1.97. The summed E-state index contributed by atoms with van der Waals surface area (Å²) in [6.07, 6.45) is -0.508. The lowest BCUT2D eigenvalue weighted by molar-refractivity contribution is -0.151. The molecule has 24 heavy (non-hydrogen) atoms. The molecule has 0 unspecified atom stereocenters. The number of rotatable bonds is 4. The summed E-state index contributed by atoms with van der Waals surface area (Å²) in [6, 6.07) is 4.67. The average Bonchev–Trinajstić information content (AvgIpc) is 3.20. The highest BCUT2D eigenvalue weighted by Crippen LogP contribution is 2.33. The summed E-state index contributed by atoms with van der Waals surface area (Å²) in [5.74, 6) is -1.40. The Bertz CT molecular complexity index is 791. The fourth-order valence-corrected chi connectivity index (χ4v) is 3.80. The minimum Gasteiger partial charge on any atom is -0.479 e. The molecule has 1 amide bonds. The van der Waals surface area contributed by atoms with Crippen LogP contribution in [0.25, 0.3) is 0 Å². The highest BCUT2D eigenvalue weighted by Gasteiger charge is 2.39. The van der Waals surface area contributed by atoms with Gasteiger partial charge in [-0.2, -0.15) is 0 Å². The van der Waals surface area contributed by atoms with E-state index < -0.39 is 28.2 Å². The SMILES string of the molecule is CNS(=O)(=O)c1ccc2c(c1)N(C(=O)[C@@H]1CC[C@H](C(=O)O)O1)CC2. The summed E-state index contributed by atoms with van der Waals surface area (Å²) in [5, 5.41) is 8.97. The number of carbonyl (C=O) groups is 2. The normalized spacial score (nSPS) is 23.3. The first kappa shape index (κ1) is 16.9. The number of benzene rings is 1. The number of nitrogens with one attached hydrogen (secondary N) is 1.